The predicted molar refractivity (Wildman–Crippen MR) is 63.5 cm³/mol. The van der Waals surface area contributed by atoms with Crippen molar-refractivity contribution in [2.24, 2.45) is 16.7 Å². The third kappa shape index (κ3) is 1.36. The van der Waals surface area contributed by atoms with Crippen LogP contribution in [0.3, 0.4) is 0 Å². The van der Waals surface area contributed by atoms with Crippen LogP contribution in [0.1, 0.15) is 45.4 Å². The fraction of sp³-hybridized carbons (Fsp3) is 0.923. The van der Waals surface area contributed by atoms with Gasteiger partial charge >= 0.3 is 5.97 Å². The van der Waals surface area contributed by atoms with Crippen molar-refractivity contribution in [2.75, 3.05) is 7.11 Å². The number of rotatable bonds is 2. The average Bonchev–Trinajstić information content (AvgIpc) is 2.24. The summed E-state index contributed by atoms with van der Waals surface area (Å²) in [6, 6.07) is 0. The Morgan fingerprint density at radius 1 is 1.28 bits per heavy atom. The topological polar surface area (TPSA) is 69.4 Å². The molecule has 4 fully saturated rings. The first kappa shape index (κ1) is 11.9. The van der Waals surface area contributed by atoms with Gasteiger partial charge in [0.05, 0.1) is 12.5 Å². The Balaban J connectivity index is 2.06. The van der Waals surface area contributed by atoms with Crippen LogP contribution in [-0.2, 0) is 9.53 Å². The molecule has 4 atom stereocenters. The summed E-state index contributed by atoms with van der Waals surface area (Å²) in [5.41, 5.74) is -1.51. The van der Waals surface area contributed by atoms with Gasteiger partial charge in [0.15, 0.2) is 0 Å². The van der Waals surface area contributed by atoms with Crippen molar-refractivity contribution >= 4 is 5.97 Å². The van der Waals surface area contributed by atoms with Gasteiger partial charge in [0.1, 0.15) is 0 Å². The van der Waals surface area contributed by atoms with Crippen LogP contribution < -0.4 is 0 Å². The van der Waals surface area contributed by atoms with Crippen molar-refractivity contribution in [3.05, 3.63) is 10.1 Å². The monoisotopic (exact) mass is 253 g/mol. The lowest BCUT2D eigenvalue weighted by molar-refractivity contribution is -0.594. The van der Waals surface area contributed by atoms with Crippen molar-refractivity contribution in [2.45, 2.75) is 51.0 Å². The molecule has 0 heterocycles. The molecule has 100 valence electrons. The molecule has 0 radical (unpaired) electrons. The number of carbonyl (C=O) groups is 1. The fourth-order valence-corrected chi connectivity index (χ4v) is 5.51. The van der Waals surface area contributed by atoms with E-state index in [1.54, 1.807) is 0 Å². The first-order valence-electron chi connectivity index (χ1n) is 6.56. The average molecular weight is 253 g/mol. The van der Waals surface area contributed by atoms with Crippen LogP contribution in [0.2, 0.25) is 0 Å². The molecule has 0 aromatic carbocycles. The van der Waals surface area contributed by atoms with Crippen molar-refractivity contribution in [3.8, 4) is 0 Å². The summed E-state index contributed by atoms with van der Waals surface area (Å²) < 4.78 is 4.94. The molecule has 0 aromatic heterocycles. The molecular formula is C13H19NO4. The number of ether oxygens (including phenoxy) is 1. The van der Waals surface area contributed by atoms with Gasteiger partial charge in [-0.2, -0.15) is 0 Å². The first-order valence-corrected chi connectivity index (χ1v) is 6.56. The lowest BCUT2D eigenvalue weighted by Gasteiger charge is -2.60. The minimum Gasteiger partial charge on any atom is -0.469 e. The van der Waals surface area contributed by atoms with Crippen LogP contribution in [-0.4, -0.2) is 23.5 Å². The van der Waals surface area contributed by atoms with E-state index < -0.39 is 11.0 Å². The van der Waals surface area contributed by atoms with Gasteiger partial charge in [-0.25, -0.2) is 0 Å². The van der Waals surface area contributed by atoms with Gasteiger partial charge in [-0.1, -0.05) is 6.92 Å². The molecule has 0 aliphatic heterocycles. The van der Waals surface area contributed by atoms with E-state index in [4.69, 9.17) is 4.74 Å². The Morgan fingerprint density at radius 3 is 2.56 bits per heavy atom. The van der Waals surface area contributed by atoms with Crippen LogP contribution in [0.5, 0.6) is 0 Å². The van der Waals surface area contributed by atoms with E-state index in [0.29, 0.717) is 25.2 Å². The van der Waals surface area contributed by atoms with Gasteiger partial charge in [-0.3, -0.25) is 14.9 Å². The van der Waals surface area contributed by atoms with E-state index in [1.807, 2.05) is 0 Å². The normalized spacial score (nSPS) is 49.1. The van der Waals surface area contributed by atoms with E-state index in [0.717, 1.165) is 19.3 Å². The Bertz CT molecular complexity index is 437. The molecule has 4 rings (SSSR count). The van der Waals surface area contributed by atoms with Gasteiger partial charge in [-0.05, 0) is 30.6 Å². The van der Waals surface area contributed by atoms with Gasteiger partial charge in [0.2, 0.25) is 5.54 Å². The first-order chi connectivity index (χ1) is 8.33. The van der Waals surface area contributed by atoms with E-state index in [-0.39, 0.29) is 16.3 Å². The molecule has 0 N–H and O–H groups in total. The standard InChI is InChI=1S/C13H19NO4/c1-11-3-9-4-12(6-11,10(15)18-2)8-13(5-9,7-11)14(16)17/h9H,3-8H2,1-2H3. The number of carbonyl (C=O) groups excluding carboxylic acids is 1. The molecule has 0 aromatic rings. The van der Waals surface area contributed by atoms with Gasteiger partial charge in [0, 0.05) is 24.2 Å². The van der Waals surface area contributed by atoms with Crippen molar-refractivity contribution < 1.29 is 14.5 Å². The largest absolute Gasteiger partial charge is 0.469 e. The van der Waals surface area contributed by atoms with E-state index in [9.17, 15) is 14.9 Å². The molecule has 18 heavy (non-hydrogen) atoms. The Hall–Kier alpha value is -1.13. The summed E-state index contributed by atoms with van der Waals surface area (Å²) in [6.45, 7) is 2.10. The number of hydrogen-bond donors (Lipinski definition) is 0. The maximum absolute atomic E-state index is 12.1. The zero-order valence-corrected chi connectivity index (χ0v) is 10.9. The number of esters is 1. The summed E-state index contributed by atoms with van der Waals surface area (Å²) >= 11 is 0. The lowest BCUT2D eigenvalue weighted by atomic mass is 9.42. The van der Waals surface area contributed by atoms with Crippen LogP contribution in [0.15, 0.2) is 0 Å². The summed E-state index contributed by atoms with van der Waals surface area (Å²) in [5.74, 6) is 0.0831. The highest BCUT2D eigenvalue weighted by Crippen LogP contribution is 2.67. The van der Waals surface area contributed by atoms with Gasteiger partial charge in [0.25, 0.3) is 0 Å². The third-order valence-corrected chi connectivity index (χ3v) is 5.32. The molecule has 4 unspecified atom stereocenters. The van der Waals surface area contributed by atoms with Crippen molar-refractivity contribution in [1.82, 2.24) is 0 Å². The SMILES string of the molecule is COC(=O)C12CC3CC(C)(C1)CC([N+](=O)[O-])(C3)C2. The molecule has 0 amide bonds. The molecule has 0 spiro atoms. The molecule has 4 aliphatic rings. The zero-order valence-electron chi connectivity index (χ0n) is 10.9. The van der Waals surface area contributed by atoms with Crippen molar-refractivity contribution in [1.29, 1.82) is 0 Å². The highest BCUT2D eigenvalue weighted by atomic mass is 16.6. The second-order valence-electron chi connectivity index (χ2n) is 7.07. The summed E-state index contributed by atoms with van der Waals surface area (Å²) in [5, 5.41) is 11.5. The Morgan fingerprint density at radius 2 is 2.00 bits per heavy atom. The minimum absolute atomic E-state index is 0.0549. The second kappa shape index (κ2) is 3.25. The van der Waals surface area contributed by atoms with Crippen LogP contribution >= 0.6 is 0 Å². The van der Waals surface area contributed by atoms with E-state index >= 15 is 0 Å². The van der Waals surface area contributed by atoms with Gasteiger partial charge < -0.3 is 4.74 Å². The van der Waals surface area contributed by atoms with Gasteiger partial charge in [-0.15, -0.1) is 0 Å². The molecule has 0 saturated heterocycles. The number of methoxy groups -OCH3 is 1. The van der Waals surface area contributed by atoms with Crippen LogP contribution in [0, 0.1) is 26.9 Å². The number of nitro groups is 1. The molecule has 4 aliphatic carbocycles. The third-order valence-electron chi connectivity index (χ3n) is 5.32. The molecule has 5 nitrogen and oxygen atoms in total. The summed E-state index contributed by atoms with van der Waals surface area (Å²) in [4.78, 5) is 23.5. The maximum atomic E-state index is 12.1. The highest BCUT2D eigenvalue weighted by Gasteiger charge is 2.70. The Kier molecular flexibility index (Phi) is 2.15. The van der Waals surface area contributed by atoms with E-state index in [1.165, 1.54) is 7.11 Å². The van der Waals surface area contributed by atoms with Crippen LogP contribution in [0.25, 0.3) is 0 Å². The minimum atomic E-state index is -0.873. The highest BCUT2D eigenvalue weighted by molar-refractivity contribution is 5.77. The Labute approximate surface area is 106 Å². The summed E-state index contributed by atoms with van der Waals surface area (Å²) in [6.07, 6.45) is 4.23. The zero-order chi connectivity index (χ0) is 13.2. The number of nitrogens with zero attached hydrogens (tertiary/aromatic N) is 1. The quantitative estimate of drug-likeness (QED) is 0.429. The molecule has 4 saturated carbocycles. The molecular weight excluding hydrogens is 234 g/mol. The van der Waals surface area contributed by atoms with Crippen molar-refractivity contribution in [3.63, 3.8) is 0 Å². The smallest absolute Gasteiger partial charge is 0.312 e. The predicted octanol–water partition coefficient (Wildman–Crippen LogP) is 2.17. The fourth-order valence-electron chi connectivity index (χ4n) is 5.51. The second-order valence-corrected chi connectivity index (χ2v) is 7.07. The molecule has 5 heteroatoms. The van der Waals surface area contributed by atoms with Crippen LogP contribution in [0.4, 0.5) is 0 Å². The number of hydrogen-bond acceptors (Lipinski definition) is 4. The molecule has 4 bridgehead atoms. The lowest BCUT2D eigenvalue weighted by Crippen LogP contribution is -2.64. The van der Waals surface area contributed by atoms with E-state index in [2.05, 4.69) is 6.92 Å². The maximum Gasteiger partial charge on any atom is 0.312 e. The summed E-state index contributed by atoms with van der Waals surface area (Å²) in [7, 11) is 1.39.